The van der Waals surface area contributed by atoms with Gasteiger partial charge < -0.3 is 9.88 Å². The summed E-state index contributed by atoms with van der Waals surface area (Å²) in [6, 6.07) is 6.83. The van der Waals surface area contributed by atoms with Gasteiger partial charge >= 0.3 is 0 Å². The van der Waals surface area contributed by atoms with Crippen molar-refractivity contribution in [1.29, 1.82) is 0 Å². The van der Waals surface area contributed by atoms with Crippen LogP contribution >= 0.6 is 11.6 Å². The fourth-order valence-electron chi connectivity index (χ4n) is 1.65. The normalized spacial score (nSPS) is 10.2. The van der Waals surface area contributed by atoms with Crippen LogP contribution in [0.25, 0.3) is 0 Å². The Bertz CT molecular complexity index is 595. The smallest absolute Gasteiger partial charge is 0.226 e. The van der Waals surface area contributed by atoms with E-state index in [4.69, 9.17) is 11.6 Å². The summed E-state index contributed by atoms with van der Waals surface area (Å²) in [4.78, 5) is 26.4. The Morgan fingerprint density at radius 2 is 2.26 bits per heavy atom. The SMILES string of the molecule is O=Cc1cccn1CCC(=O)Nc1cccnc1Cl. The number of anilines is 1. The minimum absolute atomic E-state index is 0.180. The summed E-state index contributed by atoms with van der Waals surface area (Å²) >= 11 is 5.84. The Morgan fingerprint density at radius 1 is 1.42 bits per heavy atom. The Kier molecular flexibility index (Phi) is 4.30. The third-order valence-corrected chi connectivity index (χ3v) is 2.90. The molecule has 2 heterocycles. The molecule has 2 aromatic heterocycles. The van der Waals surface area contributed by atoms with Gasteiger partial charge in [0, 0.05) is 25.4 Å². The quantitative estimate of drug-likeness (QED) is 0.674. The molecule has 0 spiro atoms. The number of halogens is 1. The van der Waals surface area contributed by atoms with Gasteiger partial charge in [-0.3, -0.25) is 9.59 Å². The second-order valence-corrected chi connectivity index (χ2v) is 4.24. The Labute approximate surface area is 115 Å². The van der Waals surface area contributed by atoms with E-state index in [1.54, 1.807) is 41.2 Å². The van der Waals surface area contributed by atoms with Crippen molar-refractivity contribution < 1.29 is 9.59 Å². The van der Waals surface area contributed by atoms with Crippen LogP contribution in [0.2, 0.25) is 5.15 Å². The fraction of sp³-hybridized carbons (Fsp3) is 0.154. The van der Waals surface area contributed by atoms with Crippen LogP contribution in [0.5, 0.6) is 0 Å². The number of hydrogen-bond donors (Lipinski definition) is 1. The molecular formula is C13H12ClN3O2. The summed E-state index contributed by atoms with van der Waals surface area (Å²) in [5, 5.41) is 2.93. The number of hydrogen-bond acceptors (Lipinski definition) is 3. The predicted molar refractivity (Wildman–Crippen MR) is 72.3 cm³/mol. The number of carbonyl (C=O) groups is 2. The van der Waals surface area contributed by atoms with Crippen molar-refractivity contribution >= 4 is 29.5 Å². The molecule has 2 aromatic rings. The Balaban J connectivity index is 1.92. The maximum absolute atomic E-state index is 11.8. The molecule has 0 aliphatic heterocycles. The van der Waals surface area contributed by atoms with Gasteiger partial charge in [0.25, 0.3) is 0 Å². The molecule has 2 rings (SSSR count). The number of amides is 1. The summed E-state index contributed by atoms with van der Waals surface area (Å²) in [6.07, 6.45) is 4.32. The monoisotopic (exact) mass is 277 g/mol. The number of aromatic nitrogens is 2. The molecule has 6 heteroatoms. The summed E-state index contributed by atoms with van der Waals surface area (Å²) < 4.78 is 1.72. The third-order valence-electron chi connectivity index (χ3n) is 2.60. The number of rotatable bonds is 5. The topological polar surface area (TPSA) is 64.0 Å². The average Bonchev–Trinajstić information content (AvgIpc) is 2.86. The molecular weight excluding hydrogens is 266 g/mol. The molecule has 0 fully saturated rings. The lowest BCUT2D eigenvalue weighted by Crippen LogP contribution is -2.15. The van der Waals surface area contributed by atoms with Crippen molar-refractivity contribution in [1.82, 2.24) is 9.55 Å². The van der Waals surface area contributed by atoms with Crippen molar-refractivity contribution in [3.8, 4) is 0 Å². The molecule has 0 aliphatic carbocycles. The van der Waals surface area contributed by atoms with Crippen LogP contribution in [0.3, 0.4) is 0 Å². The number of aldehydes is 1. The lowest BCUT2D eigenvalue weighted by Gasteiger charge is -2.07. The molecule has 1 amide bonds. The highest BCUT2D eigenvalue weighted by molar-refractivity contribution is 6.32. The summed E-state index contributed by atoms with van der Waals surface area (Å²) in [7, 11) is 0. The maximum atomic E-state index is 11.8. The van der Waals surface area contributed by atoms with Gasteiger partial charge in [0.2, 0.25) is 5.91 Å². The van der Waals surface area contributed by atoms with Crippen molar-refractivity contribution in [3.05, 3.63) is 47.5 Å². The lowest BCUT2D eigenvalue weighted by molar-refractivity contribution is -0.116. The molecule has 0 saturated carbocycles. The molecule has 0 unspecified atom stereocenters. The number of nitrogens with zero attached hydrogens (tertiary/aromatic N) is 2. The first kappa shape index (κ1) is 13.3. The van der Waals surface area contributed by atoms with Gasteiger partial charge in [-0.05, 0) is 24.3 Å². The largest absolute Gasteiger partial charge is 0.345 e. The van der Waals surface area contributed by atoms with Gasteiger partial charge in [-0.1, -0.05) is 11.6 Å². The van der Waals surface area contributed by atoms with Crippen LogP contribution in [0.4, 0.5) is 5.69 Å². The summed E-state index contributed by atoms with van der Waals surface area (Å²) in [5.41, 5.74) is 1.03. The first-order chi connectivity index (χ1) is 9.20. The van der Waals surface area contributed by atoms with Gasteiger partial charge in [-0.15, -0.1) is 0 Å². The molecule has 0 atom stereocenters. The van der Waals surface area contributed by atoms with Gasteiger partial charge in [-0.2, -0.15) is 0 Å². The number of pyridine rings is 1. The highest BCUT2D eigenvalue weighted by Crippen LogP contribution is 2.17. The number of carbonyl (C=O) groups excluding carboxylic acids is 2. The lowest BCUT2D eigenvalue weighted by atomic mass is 10.3. The average molecular weight is 278 g/mol. The van der Waals surface area contributed by atoms with Crippen molar-refractivity contribution in [2.24, 2.45) is 0 Å². The van der Waals surface area contributed by atoms with Crippen molar-refractivity contribution in [2.45, 2.75) is 13.0 Å². The molecule has 0 bridgehead atoms. The van der Waals surface area contributed by atoms with Crippen LogP contribution in [-0.4, -0.2) is 21.7 Å². The molecule has 0 aliphatic rings. The molecule has 98 valence electrons. The Hall–Kier alpha value is -2.14. The second kappa shape index (κ2) is 6.15. The minimum Gasteiger partial charge on any atom is -0.345 e. The highest BCUT2D eigenvalue weighted by atomic mass is 35.5. The van der Waals surface area contributed by atoms with E-state index in [1.165, 1.54) is 0 Å². The van der Waals surface area contributed by atoms with E-state index in [0.29, 0.717) is 17.9 Å². The van der Waals surface area contributed by atoms with E-state index in [9.17, 15) is 9.59 Å². The second-order valence-electron chi connectivity index (χ2n) is 3.88. The molecule has 1 N–H and O–H groups in total. The minimum atomic E-state index is -0.180. The third kappa shape index (κ3) is 3.42. The van der Waals surface area contributed by atoms with Crippen LogP contribution in [-0.2, 0) is 11.3 Å². The first-order valence-electron chi connectivity index (χ1n) is 5.71. The van der Waals surface area contributed by atoms with E-state index in [1.807, 2.05) is 0 Å². The summed E-state index contributed by atoms with van der Waals surface area (Å²) in [6.45, 7) is 0.435. The predicted octanol–water partition coefficient (Wildman–Crippen LogP) is 2.38. The van der Waals surface area contributed by atoms with Crippen molar-refractivity contribution in [2.75, 3.05) is 5.32 Å². The van der Waals surface area contributed by atoms with E-state index in [-0.39, 0.29) is 17.5 Å². The Morgan fingerprint density at radius 3 is 3.00 bits per heavy atom. The maximum Gasteiger partial charge on any atom is 0.226 e. The zero-order chi connectivity index (χ0) is 13.7. The van der Waals surface area contributed by atoms with E-state index < -0.39 is 0 Å². The van der Waals surface area contributed by atoms with E-state index >= 15 is 0 Å². The fourth-order valence-corrected chi connectivity index (χ4v) is 1.82. The van der Waals surface area contributed by atoms with Crippen molar-refractivity contribution in [3.63, 3.8) is 0 Å². The van der Waals surface area contributed by atoms with Crippen LogP contribution in [0, 0.1) is 0 Å². The zero-order valence-electron chi connectivity index (χ0n) is 10.0. The van der Waals surface area contributed by atoms with Crippen LogP contribution in [0.1, 0.15) is 16.9 Å². The highest BCUT2D eigenvalue weighted by Gasteiger charge is 2.07. The number of aryl methyl sites for hydroxylation is 1. The standard InChI is InChI=1S/C13H12ClN3O2/c14-13-11(4-1-6-15-13)16-12(19)5-8-17-7-2-3-10(17)9-18/h1-4,6-7,9H,5,8H2,(H,16,19). The first-order valence-corrected chi connectivity index (χ1v) is 6.09. The van der Waals surface area contributed by atoms with Gasteiger partial charge in [0.05, 0.1) is 11.4 Å². The van der Waals surface area contributed by atoms with Gasteiger partial charge in [0.15, 0.2) is 11.4 Å². The van der Waals surface area contributed by atoms with E-state index in [2.05, 4.69) is 10.3 Å². The summed E-state index contributed by atoms with van der Waals surface area (Å²) in [5.74, 6) is -0.180. The van der Waals surface area contributed by atoms with Gasteiger partial charge in [0.1, 0.15) is 0 Å². The molecule has 0 radical (unpaired) electrons. The van der Waals surface area contributed by atoms with Gasteiger partial charge in [-0.25, -0.2) is 4.98 Å². The molecule has 19 heavy (non-hydrogen) atoms. The zero-order valence-corrected chi connectivity index (χ0v) is 10.8. The van der Waals surface area contributed by atoms with Crippen LogP contribution in [0.15, 0.2) is 36.7 Å². The molecule has 0 saturated heterocycles. The molecule has 5 nitrogen and oxygen atoms in total. The van der Waals surface area contributed by atoms with Crippen LogP contribution < -0.4 is 5.32 Å². The molecule has 0 aromatic carbocycles. The number of nitrogens with one attached hydrogen (secondary N) is 1. The van der Waals surface area contributed by atoms with E-state index in [0.717, 1.165) is 6.29 Å².